The van der Waals surface area contributed by atoms with Crippen LogP contribution >= 0.6 is 15.9 Å². The van der Waals surface area contributed by atoms with Crippen molar-refractivity contribution in [1.29, 1.82) is 0 Å². The Labute approximate surface area is 118 Å². The van der Waals surface area contributed by atoms with Gasteiger partial charge in [-0.05, 0) is 30.9 Å². The van der Waals surface area contributed by atoms with Crippen molar-refractivity contribution in [3.63, 3.8) is 0 Å². The maximum atomic E-state index is 5.77. The molecule has 0 saturated heterocycles. The summed E-state index contributed by atoms with van der Waals surface area (Å²) < 4.78 is 1.16. The number of nitrogens with two attached hydrogens (primary N) is 1. The van der Waals surface area contributed by atoms with Crippen molar-refractivity contribution in [2.24, 2.45) is 11.8 Å². The molecule has 3 N–H and O–H groups in total. The van der Waals surface area contributed by atoms with E-state index in [1.165, 1.54) is 43.2 Å². The quantitative estimate of drug-likeness (QED) is 0.645. The molecule has 0 amide bonds. The molecule has 3 heteroatoms. The minimum atomic E-state index is 0.266. The second-order valence-corrected chi connectivity index (χ2v) is 6.34. The van der Waals surface area contributed by atoms with E-state index in [0.717, 1.165) is 16.8 Å². The summed E-state index contributed by atoms with van der Waals surface area (Å²) >= 11 is 3.64. The first kappa shape index (κ1) is 14.0. The minimum Gasteiger partial charge on any atom is -0.271 e. The Bertz CT molecular complexity index is 386. The van der Waals surface area contributed by atoms with Crippen LogP contribution in [-0.4, -0.2) is 0 Å². The van der Waals surface area contributed by atoms with E-state index in [0.29, 0.717) is 0 Å². The molecule has 1 aromatic rings. The van der Waals surface area contributed by atoms with Crippen LogP contribution in [0.4, 0.5) is 0 Å². The van der Waals surface area contributed by atoms with Gasteiger partial charge in [-0.15, -0.1) is 0 Å². The van der Waals surface area contributed by atoms with E-state index < -0.39 is 0 Å². The fourth-order valence-corrected chi connectivity index (χ4v) is 3.49. The Hall–Kier alpha value is -0.380. The molecule has 0 bridgehead atoms. The Kier molecular flexibility index (Phi) is 5.22. The fourth-order valence-electron chi connectivity index (χ4n) is 2.97. The van der Waals surface area contributed by atoms with Gasteiger partial charge in [0.25, 0.3) is 0 Å². The van der Waals surface area contributed by atoms with Crippen LogP contribution in [0.2, 0.25) is 0 Å². The molecule has 1 unspecified atom stereocenters. The third-order valence-electron chi connectivity index (χ3n) is 4.02. The summed E-state index contributed by atoms with van der Waals surface area (Å²) in [6.45, 7) is 2.13. The van der Waals surface area contributed by atoms with Gasteiger partial charge in [0, 0.05) is 10.5 Å². The van der Waals surface area contributed by atoms with Crippen molar-refractivity contribution >= 4 is 15.9 Å². The van der Waals surface area contributed by atoms with Crippen molar-refractivity contribution in [1.82, 2.24) is 5.43 Å². The second kappa shape index (κ2) is 6.69. The SMILES string of the molecule is Cc1ccc(Br)c(C(CC2CCCCC2)NN)c1. The molecule has 2 nitrogen and oxygen atoms in total. The molecule has 0 radical (unpaired) electrons. The van der Waals surface area contributed by atoms with E-state index in [1.807, 2.05) is 0 Å². The van der Waals surface area contributed by atoms with Gasteiger partial charge >= 0.3 is 0 Å². The van der Waals surface area contributed by atoms with Gasteiger partial charge < -0.3 is 0 Å². The highest BCUT2D eigenvalue weighted by Crippen LogP contribution is 2.34. The summed E-state index contributed by atoms with van der Waals surface area (Å²) in [4.78, 5) is 0. The molecule has 1 aliphatic carbocycles. The van der Waals surface area contributed by atoms with Gasteiger partial charge in [0.05, 0.1) is 0 Å². The maximum Gasteiger partial charge on any atom is 0.0473 e. The van der Waals surface area contributed by atoms with Gasteiger partial charge in [-0.3, -0.25) is 11.3 Å². The summed E-state index contributed by atoms with van der Waals surface area (Å²) in [6.07, 6.45) is 8.06. The monoisotopic (exact) mass is 310 g/mol. The van der Waals surface area contributed by atoms with Gasteiger partial charge in [0.2, 0.25) is 0 Å². The lowest BCUT2D eigenvalue weighted by atomic mass is 9.83. The van der Waals surface area contributed by atoms with Crippen molar-refractivity contribution in [3.05, 3.63) is 33.8 Å². The molecule has 1 aromatic carbocycles. The third kappa shape index (κ3) is 3.56. The highest BCUT2D eigenvalue weighted by atomic mass is 79.9. The number of hydrogen-bond donors (Lipinski definition) is 2. The summed E-state index contributed by atoms with van der Waals surface area (Å²) in [7, 11) is 0. The molecular formula is C15H23BrN2. The van der Waals surface area contributed by atoms with Gasteiger partial charge in [0.1, 0.15) is 0 Å². The molecule has 0 heterocycles. The van der Waals surface area contributed by atoms with E-state index in [2.05, 4.69) is 46.5 Å². The second-order valence-electron chi connectivity index (χ2n) is 5.48. The number of hydrazine groups is 1. The smallest absolute Gasteiger partial charge is 0.0473 e. The first-order valence-corrected chi connectivity index (χ1v) is 7.72. The Balaban J connectivity index is 2.09. The fraction of sp³-hybridized carbons (Fsp3) is 0.600. The standard InChI is InChI=1S/C15H23BrN2/c1-11-7-8-14(16)13(9-11)15(18-17)10-12-5-3-2-4-6-12/h7-9,12,15,18H,2-6,10,17H2,1H3. The van der Waals surface area contributed by atoms with Gasteiger partial charge in [-0.2, -0.15) is 0 Å². The minimum absolute atomic E-state index is 0.266. The predicted octanol–water partition coefficient (Wildman–Crippen LogP) is 4.23. The lowest BCUT2D eigenvalue weighted by Crippen LogP contribution is -2.30. The van der Waals surface area contributed by atoms with E-state index in [9.17, 15) is 0 Å². The average Bonchev–Trinajstić information content (AvgIpc) is 2.40. The zero-order valence-electron chi connectivity index (χ0n) is 11.1. The Morgan fingerprint density at radius 3 is 2.72 bits per heavy atom. The van der Waals surface area contributed by atoms with Crippen LogP contribution < -0.4 is 11.3 Å². The summed E-state index contributed by atoms with van der Waals surface area (Å²) in [5.41, 5.74) is 5.59. The van der Waals surface area contributed by atoms with Crippen LogP contribution in [0.1, 0.15) is 55.7 Å². The zero-order valence-corrected chi connectivity index (χ0v) is 12.7. The van der Waals surface area contributed by atoms with Crippen molar-refractivity contribution in [3.8, 4) is 0 Å². The zero-order chi connectivity index (χ0) is 13.0. The van der Waals surface area contributed by atoms with Crippen molar-refractivity contribution < 1.29 is 0 Å². The molecule has 0 aliphatic heterocycles. The topological polar surface area (TPSA) is 38.0 Å². The van der Waals surface area contributed by atoms with Gasteiger partial charge in [-0.1, -0.05) is 65.7 Å². The molecule has 0 spiro atoms. The molecule has 1 saturated carbocycles. The van der Waals surface area contributed by atoms with Crippen LogP contribution in [0, 0.1) is 12.8 Å². The van der Waals surface area contributed by atoms with E-state index in [4.69, 9.17) is 5.84 Å². The number of halogens is 1. The van der Waals surface area contributed by atoms with E-state index in [1.54, 1.807) is 0 Å². The molecule has 1 aliphatic rings. The normalized spacial score (nSPS) is 18.8. The lowest BCUT2D eigenvalue weighted by Gasteiger charge is -2.27. The highest BCUT2D eigenvalue weighted by Gasteiger charge is 2.20. The van der Waals surface area contributed by atoms with E-state index in [-0.39, 0.29) is 6.04 Å². The first-order valence-electron chi connectivity index (χ1n) is 6.93. The number of nitrogens with one attached hydrogen (secondary N) is 1. The molecular weight excluding hydrogens is 288 g/mol. The van der Waals surface area contributed by atoms with Gasteiger partial charge in [-0.25, -0.2) is 0 Å². The molecule has 1 fully saturated rings. The molecule has 2 rings (SSSR count). The highest BCUT2D eigenvalue weighted by molar-refractivity contribution is 9.10. The van der Waals surface area contributed by atoms with Crippen LogP contribution in [0.3, 0.4) is 0 Å². The lowest BCUT2D eigenvalue weighted by molar-refractivity contribution is 0.300. The van der Waals surface area contributed by atoms with E-state index >= 15 is 0 Å². The van der Waals surface area contributed by atoms with Crippen LogP contribution in [-0.2, 0) is 0 Å². The molecule has 18 heavy (non-hydrogen) atoms. The maximum absolute atomic E-state index is 5.77. The number of benzene rings is 1. The predicted molar refractivity (Wildman–Crippen MR) is 80.1 cm³/mol. The molecule has 100 valence electrons. The largest absolute Gasteiger partial charge is 0.271 e. The third-order valence-corrected chi connectivity index (χ3v) is 4.74. The first-order chi connectivity index (χ1) is 8.70. The van der Waals surface area contributed by atoms with Crippen LogP contribution in [0.15, 0.2) is 22.7 Å². The molecule has 0 aromatic heterocycles. The summed E-state index contributed by atoms with van der Waals surface area (Å²) in [6, 6.07) is 6.75. The van der Waals surface area contributed by atoms with Gasteiger partial charge in [0.15, 0.2) is 0 Å². The number of aryl methyl sites for hydroxylation is 1. The number of rotatable bonds is 4. The Morgan fingerprint density at radius 2 is 2.06 bits per heavy atom. The number of hydrogen-bond acceptors (Lipinski definition) is 2. The van der Waals surface area contributed by atoms with Crippen molar-refractivity contribution in [2.75, 3.05) is 0 Å². The molecule has 1 atom stereocenters. The average molecular weight is 311 g/mol. The summed E-state index contributed by atoms with van der Waals surface area (Å²) in [5, 5.41) is 0. The summed E-state index contributed by atoms with van der Waals surface area (Å²) in [5.74, 6) is 6.60. The van der Waals surface area contributed by atoms with Crippen LogP contribution in [0.25, 0.3) is 0 Å². The Morgan fingerprint density at radius 1 is 1.33 bits per heavy atom. The van der Waals surface area contributed by atoms with Crippen molar-refractivity contribution in [2.45, 2.75) is 51.5 Å². The van der Waals surface area contributed by atoms with Crippen LogP contribution in [0.5, 0.6) is 0 Å².